The molecule has 5 nitrogen and oxygen atoms in total. The Kier molecular flexibility index (Phi) is 6.64. The van der Waals surface area contributed by atoms with Crippen LogP contribution in [0.5, 0.6) is 0 Å². The molecule has 0 spiro atoms. The standard InChI is InChI=1S/C13H18O2.C7H4ClNO2/c1-9(2)8-11-4-6-12(7-5-11)10(3)13(14)15;8-4-1-2-6-5(3-4)9-7(10)11-6/h4-7,9-10H,8H2,1-3H3,(H,14,15);1-3H,(H,9,10). The van der Waals surface area contributed by atoms with Crippen LogP contribution in [0.4, 0.5) is 0 Å². The summed E-state index contributed by atoms with van der Waals surface area (Å²) in [5.74, 6) is -1.01. The first-order valence-electron chi connectivity index (χ1n) is 8.36. The SMILES string of the molecule is CC(C)Cc1ccc(C(C)C(=O)O)cc1.O=c1[nH]c2cc(Cl)ccc2o1. The lowest BCUT2D eigenvalue weighted by atomic mass is 9.97. The summed E-state index contributed by atoms with van der Waals surface area (Å²) in [6.45, 7) is 6.06. The molecule has 2 aromatic carbocycles. The number of H-pyrrole nitrogens is 1. The van der Waals surface area contributed by atoms with Crippen molar-refractivity contribution in [2.45, 2.75) is 33.1 Å². The van der Waals surface area contributed by atoms with Crippen LogP contribution < -0.4 is 5.76 Å². The summed E-state index contributed by atoms with van der Waals surface area (Å²) in [6.07, 6.45) is 1.04. The number of carbonyl (C=O) groups is 1. The summed E-state index contributed by atoms with van der Waals surface area (Å²) in [7, 11) is 0. The Morgan fingerprint density at radius 2 is 1.81 bits per heavy atom. The Labute approximate surface area is 156 Å². The van der Waals surface area contributed by atoms with E-state index in [1.54, 1.807) is 25.1 Å². The highest BCUT2D eigenvalue weighted by atomic mass is 35.5. The van der Waals surface area contributed by atoms with Gasteiger partial charge in [-0.25, -0.2) is 4.79 Å². The maximum atomic E-state index is 10.8. The van der Waals surface area contributed by atoms with Crippen LogP contribution in [0.15, 0.2) is 51.7 Å². The fraction of sp³-hybridized carbons (Fsp3) is 0.300. The van der Waals surface area contributed by atoms with Crippen molar-refractivity contribution in [2.75, 3.05) is 0 Å². The third-order valence-electron chi connectivity index (χ3n) is 3.88. The predicted molar refractivity (Wildman–Crippen MR) is 103 cm³/mol. The van der Waals surface area contributed by atoms with Crippen molar-refractivity contribution >= 4 is 28.7 Å². The summed E-state index contributed by atoms with van der Waals surface area (Å²) < 4.78 is 4.75. The minimum Gasteiger partial charge on any atom is -0.481 e. The molecule has 0 aliphatic heterocycles. The van der Waals surface area contributed by atoms with E-state index in [0.717, 1.165) is 12.0 Å². The number of nitrogens with one attached hydrogen (secondary N) is 1. The van der Waals surface area contributed by atoms with Crippen molar-refractivity contribution in [3.63, 3.8) is 0 Å². The number of oxazole rings is 1. The van der Waals surface area contributed by atoms with E-state index in [4.69, 9.17) is 21.1 Å². The van der Waals surface area contributed by atoms with Gasteiger partial charge in [-0.2, -0.15) is 0 Å². The quantitative estimate of drug-likeness (QED) is 0.682. The molecular formula is C20H22ClNO4. The molecule has 2 N–H and O–H groups in total. The third kappa shape index (κ3) is 5.49. The molecule has 1 unspecified atom stereocenters. The number of aromatic amines is 1. The number of aliphatic carboxylic acids is 1. The van der Waals surface area contributed by atoms with Gasteiger partial charge in [-0.15, -0.1) is 0 Å². The molecule has 1 heterocycles. The monoisotopic (exact) mass is 375 g/mol. The zero-order valence-corrected chi connectivity index (χ0v) is 15.7. The Morgan fingerprint density at radius 1 is 1.15 bits per heavy atom. The van der Waals surface area contributed by atoms with Gasteiger partial charge in [-0.1, -0.05) is 49.7 Å². The van der Waals surface area contributed by atoms with Gasteiger partial charge in [0.05, 0.1) is 11.4 Å². The zero-order valence-electron chi connectivity index (χ0n) is 15.0. The second kappa shape index (κ2) is 8.72. The molecular weight excluding hydrogens is 354 g/mol. The molecule has 0 fully saturated rings. The van der Waals surface area contributed by atoms with Gasteiger partial charge in [0.25, 0.3) is 0 Å². The van der Waals surface area contributed by atoms with Gasteiger partial charge in [-0.05, 0) is 48.6 Å². The number of carboxylic acids is 1. The number of hydrogen-bond donors (Lipinski definition) is 2. The fourth-order valence-electron chi connectivity index (χ4n) is 2.48. The topological polar surface area (TPSA) is 83.3 Å². The molecule has 0 aliphatic carbocycles. The average molecular weight is 376 g/mol. The Bertz CT molecular complexity index is 925. The summed E-state index contributed by atoms with van der Waals surface area (Å²) in [5.41, 5.74) is 3.29. The first kappa shape index (κ1) is 19.8. The summed E-state index contributed by atoms with van der Waals surface area (Å²) in [5, 5.41) is 9.43. The lowest BCUT2D eigenvalue weighted by molar-refractivity contribution is -0.138. The molecule has 0 aliphatic rings. The molecule has 138 valence electrons. The van der Waals surface area contributed by atoms with Crippen molar-refractivity contribution in [3.8, 4) is 0 Å². The van der Waals surface area contributed by atoms with E-state index in [9.17, 15) is 9.59 Å². The average Bonchev–Trinajstić information content (AvgIpc) is 2.94. The maximum Gasteiger partial charge on any atom is 0.417 e. The normalized spacial score (nSPS) is 11.9. The zero-order chi connectivity index (χ0) is 19.3. The predicted octanol–water partition coefficient (Wildman–Crippen LogP) is 4.85. The van der Waals surface area contributed by atoms with E-state index in [1.165, 1.54) is 5.56 Å². The minimum absolute atomic E-state index is 0.418. The minimum atomic E-state index is -0.772. The van der Waals surface area contributed by atoms with Crippen LogP contribution in [-0.4, -0.2) is 16.1 Å². The summed E-state index contributed by atoms with van der Waals surface area (Å²) >= 11 is 5.66. The molecule has 0 saturated heterocycles. The van der Waals surface area contributed by atoms with E-state index >= 15 is 0 Å². The highest BCUT2D eigenvalue weighted by Crippen LogP contribution is 2.17. The van der Waals surface area contributed by atoms with E-state index in [1.807, 2.05) is 24.3 Å². The molecule has 1 atom stereocenters. The number of fused-ring (bicyclic) bond motifs is 1. The fourth-order valence-corrected chi connectivity index (χ4v) is 2.65. The van der Waals surface area contributed by atoms with Crippen molar-refractivity contribution in [1.29, 1.82) is 0 Å². The van der Waals surface area contributed by atoms with E-state index < -0.39 is 17.6 Å². The van der Waals surface area contributed by atoms with Gasteiger partial charge in [0.1, 0.15) is 0 Å². The molecule has 0 saturated carbocycles. The molecule has 26 heavy (non-hydrogen) atoms. The lowest BCUT2D eigenvalue weighted by Crippen LogP contribution is -2.07. The van der Waals surface area contributed by atoms with Gasteiger partial charge in [0, 0.05) is 5.02 Å². The van der Waals surface area contributed by atoms with Crippen molar-refractivity contribution in [1.82, 2.24) is 4.98 Å². The number of hydrogen-bond acceptors (Lipinski definition) is 3. The molecule has 3 aromatic rings. The number of aromatic nitrogens is 1. The molecule has 3 rings (SSSR count). The third-order valence-corrected chi connectivity index (χ3v) is 4.11. The van der Waals surface area contributed by atoms with Crippen LogP contribution >= 0.6 is 11.6 Å². The molecule has 6 heteroatoms. The van der Waals surface area contributed by atoms with Crippen LogP contribution in [0.2, 0.25) is 5.02 Å². The lowest BCUT2D eigenvalue weighted by Gasteiger charge is -2.09. The van der Waals surface area contributed by atoms with Gasteiger partial charge in [0.15, 0.2) is 5.58 Å². The van der Waals surface area contributed by atoms with Gasteiger partial charge in [0.2, 0.25) is 0 Å². The summed E-state index contributed by atoms with van der Waals surface area (Å²) in [6, 6.07) is 12.8. The van der Waals surface area contributed by atoms with E-state index in [2.05, 4.69) is 18.8 Å². The largest absolute Gasteiger partial charge is 0.481 e. The van der Waals surface area contributed by atoms with Crippen LogP contribution in [-0.2, 0) is 11.2 Å². The van der Waals surface area contributed by atoms with Crippen LogP contribution in [0, 0.1) is 5.92 Å². The first-order valence-corrected chi connectivity index (χ1v) is 8.74. The van der Waals surface area contributed by atoms with E-state index in [-0.39, 0.29) is 0 Å². The number of halogens is 1. The number of rotatable bonds is 4. The Morgan fingerprint density at radius 3 is 2.38 bits per heavy atom. The van der Waals surface area contributed by atoms with Gasteiger partial charge < -0.3 is 9.52 Å². The summed E-state index contributed by atoms with van der Waals surface area (Å²) in [4.78, 5) is 23.9. The van der Waals surface area contributed by atoms with Crippen molar-refractivity contribution in [3.05, 3.63) is 69.2 Å². The van der Waals surface area contributed by atoms with E-state index in [0.29, 0.717) is 22.0 Å². The number of benzene rings is 2. The van der Waals surface area contributed by atoms with Crippen LogP contribution in [0.3, 0.4) is 0 Å². The smallest absolute Gasteiger partial charge is 0.417 e. The van der Waals surface area contributed by atoms with Crippen molar-refractivity contribution < 1.29 is 14.3 Å². The van der Waals surface area contributed by atoms with Crippen molar-refractivity contribution in [2.24, 2.45) is 5.92 Å². The second-order valence-corrected chi connectivity index (χ2v) is 6.99. The molecule has 1 aromatic heterocycles. The second-order valence-electron chi connectivity index (χ2n) is 6.55. The Hall–Kier alpha value is -2.53. The molecule has 0 radical (unpaired) electrons. The maximum absolute atomic E-state index is 10.8. The first-order chi connectivity index (χ1) is 12.3. The van der Waals surface area contributed by atoms with Crippen LogP contribution in [0.1, 0.15) is 37.8 Å². The van der Waals surface area contributed by atoms with Crippen LogP contribution in [0.25, 0.3) is 11.1 Å². The highest BCUT2D eigenvalue weighted by Gasteiger charge is 2.12. The Balaban J connectivity index is 0.000000195. The molecule has 0 bridgehead atoms. The highest BCUT2D eigenvalue weighted by molar-refractivity contribution is 6.31. The van der Waals surface area contributed by atoms with Gasteiger partial charge in [-0.3, -0.25) is 9.78 Å². The number of carboxylic acid groups (broad SMARTS) is 1. The molecule has 0 amide bonds. The van der Waals surface area contributed by atoms with Gasteiger partial charge >= 0.3 is 11.7 Å².